The van der Waals surface area contributed by atoms with Gasteiger partial charge in [-0.25, -0.2) is 0 Å². The van der Waals surface area contributed by atoms with E-state index < -0.39 is 77.2 Å². The van der Waals surface area contributed by atoms with Gasteiger partial charge in [-0.15, -0.1) is 0 Å². The number of esters is 1. The highest BCUT2D eigenvalue weighted by Gasteiger charge is 2.54. The molecule has 2 aromatic rings. The zero-order valence-corrected chi connectivity index (χ0v) is 43.1. The van der Waals surface area contributed by atoms with Crippen molar-refractivity contribution >= 4 is 35.1 Å². The van der Waals surface area contributed by atoms with Crippen LogP contribution in [0.15, 0.2) is 82.9 Å². The summed E-state index contributed by atoms with van der Waals surface area (Å²) in [6.07, 6.45) is 9.35. The van der Waals surface area contributed by atoms with E-state index in [-0.39, 0.29) is 87.9 Å². The molecule has 390 valence electrons. The lowest BCUT2D eigenvalue weighted by atomic mass is 9.82. The summed E-state index contributed by atoms with van der Waals surface area (Å²) in [4.78, 5) is 80.5. The monoisotopic (exact) mass is 1000 g/mol. The first-order valence-corrected chi connectivity index (χ1v) is 26.2. The fourth-order valence-electron chi connectivity index (χ4n) is 12.1. The van der Waals surface area contributed by atoms with Gasteiger partial charge in [0.1, 0.15) is 35.4 Å². The highest BCUT2D eigenvalue weighted by Crippen LogP contribution is 2.50. The number of rotatable bonds is 6. The molecule has 7 heterocycles. The van der Waals surface area contributed by atoms with E-state index in [1.807, 2.05) is 23.1 Å². The first kappa shape index (κ1) is 51.8. The first-order valence-electron chi connectivity index (χ1n) is 26.2. The molecule has 73 heavy (non-hydrogen) atoms. The Morgan fingerprint density at radius 2 is 1.64 bits per heavy atom. The van der Waals surface area contributed by atoms with E-state index in [4.69, 9.17) is 19.2 Å². The van der Waals surface area contributed by atoms with E-state index in [1.54, 1.807) is 52.0 Å². The summed E-state index contributed by atoms with van der Waals surface area (Å²) in [5.41, 5.74) is 1.09. The number of ether oxygens (including phenoxy) is 3. The third-order valence-corrected chi connectivity index (χ3v) is 16.2. The number of piperidine rings is 2. The molecule has 16 heteroatoms. The molecule has 7 aliphatic heterocycles. The molecule has 0 saturated carbocycles. The van der Waals surface area contributed by atoms with Crippen LogP contribution in [0.3, 0.4) is 0 Å². The van der Waals surface area contributed by atoms with Crippen molar-refractivity contribution in [3.05, 3.63) is 106 Å². The number of benzene rings is 2. The van der Waals surface area contributed by atoms with Gasteiger partial charge in [0.05, 0.1) is 41.0 Å². The molecule has 2 amide bonds. The number of amides is 2. The molecular weight excluding hydrogens is 931 g/mol. The van der Waals surface area contributed by atoms with Crippen LogP contribution in [-0.4, -0.2) is 122 Å². The summed E-state index contributed by atoms with van der Waals surface area (Å²) in [5.74, 6) is -5.60. The zero-order chi connectivity index (χ0) is 52.1. The maximum absolute atomic E-state index is 14.8. The summed E-state index contributed by atoms with van der Waals surface area (Å²) in [6.45, 7) is 14.7. The number of aromatic hydroxyl groups is 1. The minimum Gasteiger partial charge on any atom is -0.507 e. The van der Waals surface area contributed by atoms with E-state index in [0.717, 1.165) is 32.2 Å². The predicted octanol–water partition coefficient (Wildman–Crippen LogP) is 6.81. The molecule has 16 nitrogen and oxygen atoms in total. The number of likely N-dealkylation sites (tertiary alicyclic amines) is 1. The highest BCUT2D eigenvalue weighted by molar-refractivity contribution is 6.34. The number of aliphatic hydroxyl groups is 2. The minimum absolute atomic E-state index is 0.0254. The van der Waals surface area contributed by atoms with Gasteiger partial charge in [-0.2, -0.15) is 0 Å². The first-order chi connectivity index (χ1) is 34.8. The van der Waals surface area contributed by atoms with Crippen LogP contribution in [0.5, 0.6) is 11.5 Å². The number of allylic oxidation sites excluding steroid dienone is 5. The molecular formula is C57H71N5O11. The van der Waals surface area contributed by atoms with Crippen molar-refractivity contribution in [2.75, 3.05) is 19.6 Å². The van der Waals surface area contributed by atoms with Crippen LogP contribution in [0, 0.1) is 24.7 Å². The van der Waals surface area contributed by atoms with Crippen molar-refractivity contribution < 1.29 is 53.5 Å². The molecule has 3 saturated heterocycles. The molecule has 5 unspecified atom stereocenters. The number of nitrogens with one attached hydrogen (secondary N) is 2. The Morgan fingerprint density at radius 3 is 2.33 bits per heavy atom. The number of phenolic OH excluding ortho intramolecular Hbond substituents is 1. The van der Waals surface area contributed by atoms with Crippen LogP contribution < -0.4 is 15.4 Å². The third kappa shape index (κ3) is 10.1. The molecule has 10 rings (SSSR count). The van der Waals surface area contributed by atoms with Crippen molar-refractivity contribution in [3.8, 4) is 11.5 Å². The Labute approximate surface area is 427 Å². The molecule has 0 aromatic heterocycles. The number of aliphatic hydroxyl groups excluding tert-OH is 2. The standard InChI is InChI=1S/C57H71N5O11/c1-31(2)30-61-23-21-57(22-24-61)59-47-44-45-51(67)35(6)53-46(44)54(69)56(7,73-53)71-25-12-11-18-40(72-43(65)29-42(64)62-38-19-20-39(62)27-37(26-38)36-16-9-8-10-17-36)28-41(63)34(5)50(66)32(3)14-13-15-33(4)55(70)58-49(52(45)68)48(47)60-57/h8-10,12-17,25,31-32,34,37-41,50,60,63,66-67H,11,18-24,26-30H2,1-7H3,(H,58,70)/b14-13+,25-12+,33-15-/t32?,34-,37?,38?,39?,40+,41?,50-,56?/m0/s1. The Kier molecular flexibility index (Phi) is 14.7. The minimum atomic E-state index is -1.94. The Bertz CT molecular complexity index is 2690. The number of ketones is 2. The SMILES string of the molecule is C/C1=C/C=C/C(C)[C@H](O)[C@@H](C)C(O)C[C@H](OC(=O)CC(=O)N2C3CCC2CC(c2ccccc2)C3)CC/C=C/OC2(C)Oc3c(C)c(O)c4c(c3C2=O)C2=NC3(CCN(CC(C)C)CC3)NC2=C(NC1=O)C4=O. The van der Waals surface area contributed by atoms with Gasteiger partial charge in [-0.3, -0.25) is 29.0 Å². The average molecular weight is 1000 g/mol. The van der Waals surface area contributed by atoms with Crippen LogP contribution in [0.2, 0.25) is 0 Å². The highest BCUT2D eigenvalue weighted by atomic mass is 16.7. The number of hydrogen-bond acceptors (Lipinski definition) is 14. The number of hydrogen-bond donors (Lipinski definition) is 5. The number of phenols is 1. The number of carbonyl (C=O) groups excluding carboxylic acids is 5. The number of nitrogens with zero attached hydrogens (tertiary/aromatic N) is 3. The molecule has 5 N–H and O–H groups in total. The third-order valence-electron chi connectivity index (χ3n) is 16.2. The second-order valence-electron chi connectivity index (χ2n) is 22.0. The average Bonchev–Trinajstić information content (AvgIpc) is 3.96. The zero-order valence-electron chi connectivity index (χ0n) is 43.1. The van der Waals surface area contributed by atoms with Crippen molar-refractivity contribution in [1.82, 2.24) is 20.4 Å². The smallest absolute Gasteiger partial charge is 0.315 e. The van der Waals surface area contributed by atoms with Crippen molar-refractivity contribution in [2.45, 2.75) is 160 Å². The van der Waals surface area contributed by atoms with Crippen LogP contribution in [0.4, 0.5) is 0 Å². The summed E-state index contributed by atoms with van der Waals surface area (Å²) in [7, 11) is 0. The van der Waals surface area contributed by atoms with Crippen molar-refractivity contribution in [1.29, 1.82) is 0 Å². The normalized spacial score (nSPS) is 32.0. The number of Topliss-reactive ketones (excluding diaryl/α,β-unsaturated/α-hetero) is 2. The van der Waals surface area contributed by atoms with Crippen LogP contribution in [0.25, 0.3) is 0 Å². The van der Waals surface area contributed by atoms with Gasteiger partial charge in [-0.05, 0) is 75.8 Å². The van der Waals surface area contributed by atoms with Crippen LogP contribution >= 0.6 is 0 Å². The topological polar surface area (TPSA) is 217 Å². The molecule has 8 aliphatic rings. The fourth-order valence-corrected chi connectivity index (χ4v) is 12.1. The van der Waals surface area contributed by atoms with Gasteiger partial charge in [-0.1, -0.05) is 76.3 Å². The van der Waals surface area contributed by atoms with Gasteiger partial charge in [0, 0.05) is 86.4 Å². The van der Waals surface area contributed by atoms with E-state index in [0.29, 0.717) is 37.8 Å². The van der Waals surface area contributed by atoms with Crippen LogP contribution in [0.1, 0.15) is 149 Å². The number of aliphatic imine (C=N–C) groups is 1. The van der Waals surface area contributed by atoms with E-state index in [2.05, 4.69) is 41.5 Å². The van der Waals surface area contributed by atoms with Gasteiger partial charge < -0.3 is 50.0 Å². The van der Waals surface area contributed by atoms with Gasteiger partial charge in [0.25, 0.3) is 11.7 Å². The van der Waals surface area contributed by atoms with Crippen molar-refractivity contribution in [3.63, 3.8) is 0 Å². The summed E-state index contributed by atoms with van der Waals surface area (Å²) >= 11 is 0. The molecule has 7 bridgehead atoms. The maximum atomic E-state index is 14.8. The van der Waals surface area contributed by atoms with Gasteiger partial charge in [0.2, 0.25) is 11.7 Å². The van der Waals surface area contributed by atoms with E-state index in [1.165, 1.54) is 18.7 Å². The largest absolute Gasteiger partial charge is 0.507 e. The number of fused-ring (bicyclic) bond motifs is 15. The Balaban J connectivity index is 0.989. The summed E-state index contributed by atoms with van der Waals surface area (Å²) < 4.78 is 18.4. The van der Waals surface area contributed by atoms with Gasteiger partial charge >= 0.3 is 11.8 Å². The lowest BCUT2D eigenvalue weighted by Crippen LogP contribution is -2.50. The molecule has 0 radical (unpaired) electrons. The lowest BCUT2D eigenvalue weighted by molar-refractivity contribution is -0.156. The van der Waals surface area contributed by atoms with E-state index >= 15 is 0 Å². The second-order valence-corrected chi connectivity index (χ2v) is 22.0. The molecule has 2 aromatic carbocycles. The predicted molar refractivity (Wildman–Crippen MR) is 273 cm³/mol. The molecule has 1 aliphatic carbocycles. The summed E-state index contributed by atoms with van der Waals surface area (Å²) in [5, 5.41) is 41.2. The molecule has 3 fully saturated rings. The van der Waals surface area contributed by atoms with E-state index in [9.17, 15) is 39.3 Å². The lowest BCUT2D eigenvalue weighted by Gasteiger charge is -2.39. The maximum Gasteiger partial charge on any atom is 0.315 e. The summed E-state index contributed by atoms with van der Waals surface area (Å²) in [6, 6.07) is 10.4. The molecule has 8 atom stereocenters. The van der Waals surface area contributed by atoms with Crippen molar-refractivity contribution in [2.24, 2.45) is 22.7 Å². The Hall–Kier alpha value is -6.10. The fraction of sp³-hybridized carbons (Fsp3) is 0.544. The van der Waals surface area contributed by atoms with Gasteiger partial charge in [0.15, 0.2) is 0 Å². The Morgan fingerprint density at radius 1 is 0.945 bits per heavy atom. The van der Waals surface area contributed by atoms with Crippen LogP contribution in [-0.2, 0) is 23.9 Å². The number of carbonyl (C=O) groups is 5. The quantitative estimate of drug-likeness (QED) is 0.149. The second kappa shape index (κ2) is 20.7. The molecule has 1 spiro atoms.